The molecule has 14 heteroatoms. The van der Waals surface area contributed by atoms with Crippen molar-refractivity contribution in [3.63, 3.8) is 0 Å². The van der Waals surface area contributed by atoms with Gasteiger partial charge in [0, 0.05) is 6.61 Å². The van der Waals surface area contributed by atoms with E-state index in [0.717, 1.165) is 22.3 Å². The molecule has 1 heterocycles. The molecule has 0 spiro atoms. The van der Waals surface area contributed by atoms with Crippen LogP contribution in [-0.4, -0.2) is 73.7 Å². The maximum atomic E-state index is 14.9. The van der Waals surface area contributed by atoms with Gasteiger partial charge in [0.25, 0.3) is 0 Å². The second-order valence-electron chi connectivity index (χ2n) is 17.0. The number of rotatable bonds is 28. The Kier molecular flexibility index (Phi) is 21.4. The van der Waals surface area contributed by atoms with Crippen LogP contribution in [0.1, 0.15) is 90.5 Å². The molecule has 12 nitrogen and oxygen atoms in total. The van der Waals surface area contributed by atoms with E-state index in [1.165, 1.54) is 0 Å². The Hall–Kier alpha value is -3.06. The summed E-state index contributed by atoms with van der Waals surface area (Å²) in [4.78, 5) is 0. The fraction of sp³-hybridized carbons (Fsp3) is 0.520. The normalized spacial score (nSPS) is 19.7. The highest BCUT2D eigenvalue weighted by molar-refractivity contribution is 7.72. The summed E-state index contributed by atoms with van der Waals surface area (Å²) in [6.45, 7) is 15.5. The van der Waals surface area contributed by atoms with Gasteiger partial charge in [-0.3, -0.25) is 9.13 Å². The van der Waals surface area contributed by atoms with Crippen LogP contribution in [0, 0.1) is 0 Å². The lowest BCUT2D eigenvalue weighted by Gasteiger charge is -2.46. The minimum absolute atomic E-state index is 0.0655. The van der Waals surface area contributed by atoms with Crippen LogP contribution in [0.4, 0.5) is 0 Å². The molecule has 1 saturated heterocycles. The summed E-state index contributed by atoms with van der Waals surface area (Å²) in [6, 6.07) is 39.7. The van der Waals surface area contributed by atoms with Gasteiger partial charge in [-0.25, -0.2) is 0 Å². The van der Waals surface area contributed by atoms with Crippen molar-refractivity contribution in [2.45, 2.75) is 155 Å². The highest BCUT2D eigenvalue weighted by Gasteiger charge is 2.53. The van der Waals surface area contributed by atoms with Crippen molar-refractivity contribution in [1.82, 2.24) is 0 Å². The summed E-state index contributed by atoms with van der Waals surface area (Å²) in [5.74, 6) is 0. The maximum Gasteiger partial charge on any atom is 0.346 e. The topological polar surface area (TPSA) is 126 Å². The van der Waals surface area contributed by atoms with Gasteiger partial charge in [-0.15, -0.1) is 0 Å². The molecule has 0 N–H and O–H groups in total. The number of hydrogen-bond donors (Lipinski definition) is 0. The van der Waals surface area contributed by atoms with Gasteiger partial charge in [0.05, 0.1) is 57.5 Å². The van der Waals surface area contributed by atoms with Crippen molar-refractivity contribution >= 4 is 15.2 Å². The standard InChI is InChI=1S/C50H70O12P2/c1-37(2)59-63(51,60-38(3)4)46(64(52,61-39(5)6)62-40(7)8)30-21-31-54-50-49(57-35-44-28-19-12-20-29-44)48(56-34-43-26-17-11-18-27-43)47(55-33-42-24-15-10-16-25-42)45(58-50)36-53-32-41-22-13-9-14-23-41/h9-20,22-29,37-40,45-50H,21,30-36H2,1-8H3/t45-,47-,48+,49-,50?/m1/s1. The van der Waals surface area contributed by atoms with Crippen LogP contribution in [0.15, 0.2) is 121 Å². The summed E-state index contributed by atoms with van der Waals surface area (Å²) < 4.78 is 94.4. The summed E-state index contributed by atoms with van der Waals surface area (Å²) in [5.41, 5.74) is 3.94. The van der Waals surface area contributed by atoms with Crippen LogP contribution in [0.5, 0.6) is 0 Å². The lowest BCUT2D eigenvalue weighted by Crippen LogP contribution is -2.61. The highest BCUT2D eigenvalue weighted by atomic mass is 31.2. The largest absolute Gasteiger partial charge is 0.374 e. The molecule has 0 amide bonds. The van der Waals surface area contributed by atoms with Crippen molar-refractivity contribution in [2.75, 3.05) is 13.2 Å². The van der Waals surface area contributed by atoms with Gasteiger partial charge in [0.1, 0.15) is 24.4 Å². The van der Waals surface area contributed by atoms with E-state index in [-0.39, 0.29) is 39.3 Å². The molecule has 1 fully saturated rings. The van der Waals surface area contributed by atoms with E-state index >= 15 is 0 Å². The summed E-state index contributed by atoms with van der Waals surface area (Å²) in [7, 11) is -8.24. The van der Waals surface area contributed by atoms with E-state index in [4.69, 9.17) is 46.5 Å². The Labute approximate surface area is 381 Å². The molecule has 0 aromatic heterocycles. The Morgan fingerprint density at radius 2 is 0.828 bits per heavy atom. The molecule has 64 heavy (non-hydrogen) atoms. The van der Waals surface area contributed by atoms with Crippen LogP contribution < -0.4 is 0 Å². The molecule has 352 valence electrons. The van der Waals surface area contributed by atoms with E-state index in [1.54, 1.807) is 55.4 Å². The van der Waals surface area contributed by atoms with Gasteiger partial charge in [-0.05, 0) is 90.5 Å². The van der Waals surface area contributed by atoms with Crippen LogP contribution in [-0.2, 0) is 82.1 Å². The van der Waals surface area contributed by atoms with Crippen molar-refractivity contribution in [2.24, 2.45) is 0 Å². The predicted octanol–water partition coefficient (Wildman–Crippen LogP) is 11.9. The fourth-order valence-electron chi connectivity index (χ4n) is 7.34. The Bertz CT molecular complexity index is 1900. The molecule has 0 saturated carbocycles. The summed E-state index contributed by atoms with van der Waals surface area (Å²) in [5, 5.41) is -1.24. The lowest BCUT2D eigenvalue weighted by atomic mass is 9.97. The smallest absolute Gasteiger partial charge is 0.346 e. The van der Waals surface area contributed by atoms with Gasteiger partial charge < -0.3 is 46.5 Å². The van der Waals surface area contributed by atoms with Crippen LogP contribution in [0.25, 0.3) is 0 Å². The number of ether oxygens (including phenoxy) is 6. The Balaban J connectivity index is 1.48. The van der Waals surface area contributed by atoms with E-state index in [1.807, 2.05) is 121 Å². The lowest BCUT2D eigenvalue weighted by molar-refractivity contribution is -0.328. The number of benzene rings is 4. The molecule has 5 rings (SSSR count). The van der Waals surface area contributed by atoms with Crippen molar-refractivity contribution < 1.29 is 55.6 Å². The average Bonchev–Trinajstić information content (AvgIpc) is 3.24. The monoisotopic (exact) mass is 924 g/mol. The zero-order chi connectivity index (χ0) is 46.0. The first kappa shape index (κ1) is 51.9. The molecule has 1 unspecified atom stereocenters. The van der Waals surface area contributed by atoms with E-state index < -0.39 is 75.7 Å². The minimum atomic E-state index is -4.12. The van der Waals surface area contributed by atoms with Gasteiger partial charge in [0.15, 0.2) is 11.7 Å². The second-order valence-corrected chi connectivity index (χ2v) is 21.7. The second kappa shape index (κ2) is 26.3. The van der Waals surface area contributed by atoms with Gasteiger partial charge >= 0.3 is 15.2 Å². The predicted molar refractivity (Wildman–Crippen MR) is 249 cm³/mol. The van der Waals surface area contributed by atoms with Crippen molar-refractivity contribution in [3.8, 4) is 0 Å². The third-order valence-electron chi connectivity index (χ3n) is 9.89. The number of hydrogen-bond acceptors (Lipinski definition) is 12. The molecule has 0 radical (unpaired) electrons. The summed E-state index contributed by atoms with van der Waals surface area (Å²) >= 11 is 0. The zero-order valence-corrected chi connectivity index (χ0v) is 40.6. The molecule has 1 aliphatic heterocycles. The van der Waals surface area contributed by atoms with E-state index in [0.29, 0.717) is 13.2 Å². The Morgan fingerprint density at radius 1 is 0.469 bits per heavy atom. The van der Waals surface area contributed by atoms with Crippen LogP contribution in [0.2, 0.25) is 0 Å². The van der Waals surface area contributed by atoms with Gasteiger partial charge in [0.2, 0.25) is 0 Å². The fourth-order valence-corrected chi connectivity index (χ4v) is 13.4. The molecular formula is C50H70O12P2. The molecule has 5 atom stereocenters. The van der Waals surface area contributed by atoms with Gasteiger partial charge in [-0.1, -0.05) is 121 Å². The Morgan fingerprint density at radius 3 is 1.22 bits per heavy atom. The average molecular weight is 925 g/mol. The van der Waals surface area contributed by atoms with E-state index in [9.17, 15) is 9.13 Å². The quantitative estimate of drug-likeness (QED) is 0.0397. The minimum Gasteiger partial charge on any atom is -0.374 e. The third-order valence-corrected chi connectivity index (χ3v) is 16.4. The van der Waals surface area contributed by atoms with E-state index in [2.05, 4.69) is 0 Å². The first-order valence-corrected chi connectivity index (χ1v) is 25.8. The SMILES string of the molecule is CC(C)OP(=O)(OC(C)C)C(CCCOC1O[C@H](COCc2ccccc2)[C@@H](OCc2ccccc2)[C@H](OCc2ccccc2)[C@H]1OCc1ccccc1)P(=O)(OC(C)C)OC(C)C. The van der Waals surface area contributed by atoms with Crippen molar-refractivity contribution in [3.05, 3.63) is 144 Å². The summed E-state index contributed by atoms with van der Waals surface area (Å²) in [6.07, 6.45) is -5.43. The molecule has 1 aliphatic rings. The molecule has 4 aromatic carbocycles. The van der Waals surface area contributed by atoms with Crippen LogP contribution in [0.3, 0.4) is 0 Å². The maximum absolute atomic E-state index is 14.9. The molecule has 4 aromatic rings. The molecule has 0 aliphatic carbocycles. The van der Waals surface area contributed by atoms with Gasteiger partial charge in [-0.2, -0.15) is 0 Å². The first-order chi connectivity index (χ1) is 30.7. The third kappa shape index (κ3) is 16.7. The first-order valence-electron chi connectivity index (χ1n) is 22.5. The van der Waals surface area contributed by atoms with Crippen LogP contribution >= 0.6 is 15.2 Å². The molecular weight excluding hydrogens is 854 g/mol. The zero-order valence-electron chi connectivity index (χ0n) is 38.8. The molecule has 0 bridgehead atoms. The highest BCUT2D eigenvalue weighted by Crippen LogP contribution is 2.73. The van der Waals surface area contributed by atoms with Crippen molar-refractivity contribution in [1.29, 1.82) is 0 Å².